The third kappa shape index (κ3) is 6.18. The monoisotopic (exact) mass is 312 g/mol. The Morgan fingerprint density at radius 2 is 1.95 bits per heavy atom. The summed E-state index contributed by atoms with van der Waals surface area (Å²) in [7, 11) is 0. The van der Waals surface area contributed by atoms with Crippen LogP contribution >= 0.6 is 11.8 Å². The van der Waals surface area contributed by atoms with Crippen LogP contribution in [0.5, 0.6) is 0 Å². The predicted molar refractivity (Wildman–Crippen MR) is 81.2 cm³/mol. The minimum absolute atomic E-state index is 0.183. The Morgan fingerprint density at radius 3 is 2.52 bits per heavy atom. The number of ether oxygens (including phenoxy) is 1. The molecule has 0 aliphatic rings. The standard InChI is InChI=1S/C15H20O5S/c1-2-3-9-21-10-12(14(17)18)20-15(19)13(16)11-7-5-4-6-8-11/h4-8,12-13,16H,2-3,9-10H2,1H3,(H,17,18). The summed E-state index contributed by atoms with van der Waals surface area (Å²) in [5.41, 5.74) is 0.380. The van der Waals surface area contributed by atoms with E-state index in [9.17, 15) is 14.7 Å². The smallest absolute Gasteiger partial charge is 0.345 e. The van der Waals surface area contributed by atoms with E-state index in [1.807, 2.05) is 6.92 Å². The van der Waals surface area contributed by atoms with Gasteiger partial charge >= 0.3 is 11.9 Å². The number of thioether (sulfide) groups is 1. The van der Waals surface area contributed by atoms with Gasteiger partial charge in [0.25, 0.3) is 0 Å². The van der Waals surface area contributed by atoms with Gasteiger partial charge in [-0.05, 0) is 17.7 Å². The van der Waals surface area contributed by atoms with Crippen molar-refractivity contribution >= 4 is 23.7 Å². The van der Waals surface area contributed by atoms with Crippen LogP contribution in [0, 0.1) is 0 Å². The van der Waals surface area contributed by atoms with Crippen LogP contribution in [0.1, 0.15) is 31.4 Å². The van der Waals surface area contributed by atoms with Gasteiger partial charge in [0.05, 0.1) is 0 Å². The van der Waals surface area contributed by atoms with Gasteiger partial charge in [-0.25, -0.2) is 9.59 Å². The number of carboxylic acids is 1. The molecule has 0 bridgehead atoms. The van der Waals surface area contributed by atoms with Crippen molar-refractivity contribution in [2.45, 2.75) is 32.0 Å². The van der Waals surface area contributed by atoms with Crippen molar-refractivity contribution in [3.05, 3.63) is 35.9 Å². The SMILES string of the molecule is CCCCSCC(OC(=O)C(O)c1ccccc1)C(=O)O. The summed E-state index contributed by atoms with van der Waals surface area (Å²) in [5.74, 6) is -1.14. The molecule has 0 fully saturated rings. The van der Waals surface area contributed by atoms with Crippen molar-refractivity contribution in [3.8, 4) is 0 Å². The molecule has 0 amide bonds. The number of carboxylic acid groups (broad SMARTS) is 1. The Morgan fingerprint density at radius 1 is 1.29 bits per heavy atom. The topological polar surface area (TPSA) is 83.8 Å². The van der Waals surface area contributed by atoms with Crippen molar-refractivity contribution in [2.75, 3.05) is 11.5 Å². The molecule has 1 rings (SSSR count). The largest absolute Gasteiger partial charge is 0.478 e. The maximum atomic E-state index is 11.8. The van der Waals surface area contributed by atoms with Gasteiger partial charge in [-0.1, -0.05) is 43.7 Å². The van der Waals surface area contributed by atoms with E-state index in [2.05, 4.69) is 0 Å². The van der Waals surface area contributed by atoms with E-state index in [0.717, 1.165) is 18.6 Å². The van der Waals surface area contributed by atoms with Gasteiger partial charge in [0.2, 0.25) is 6.10 Å². The van der Waals surface area contributed by atoms with Crippen LogP contribution in [-0.4, -0.2) is 39.8 Å². The Hall–Kier alpha value is -1.53. The fourth-order valence-electron chi connectivity index (χ4n) is 1.57. The molecule has 0 spiro atoms. The van der Waals surface area contributed by atoms with E-state index < -0.39 is 24.1 Å². The van der Waals surface area contributed by atoms with Crippen LogP contribution < -0.4 is 0 Å². The third-order valence-corrected chi connectivity index (χ3v) is 3.90. The highest BCUT2D eigenvalue weighted by Gasteiger charge is 2.27. The number of rotatable bonds is 9. The number of benzene rings is 1. The number of hydrogen-bond acceptors (Lipinski definition) is 5. The Bertz CT molecular complexity index is 449. The van der Waals surface area contributed by atoms with Crippen LogP contribution in [0.2, 0.25) is 0 Å². The summed E-state index contributed by atoms with van der Waals surface area (Å²) < 4.78 is 4.90. The van der Waals surface area contributed by atoms with Gasteiger partial charge in [-0.2, -0.15) is 11.8 Å². The number of carbonyl (C=O) groups is 2. The average molecular weight is 312 g/mol. The third-order valence-electron chi connectivity index (χ3n) is 2.78. The first-order valence-corrected chi connectivity index (χ1v) is 7.95. The number of aliphatic hydroxyl groups is 1. The second-order valence-electron chi connectivity index (χ2n) is 4.51. The molecular formula is C15H20O5S. The lowest BCUT2D eigenvalue weighted by Crippen LogP contribution is -2.31. The summed E-state index contributed by atoms with van der Waals surface area (Å²) in [6.07, 6.45) is -0.694. The molecule has 2 N–H and O–H groups in total. The zero-order valence-corrected chi connectivity index (χ0v) is 12.7. The fourth-order valence-corrected chi connectivity index (χ4v) is 2.65. The maximum absolute atomic E-state index is 11.8. The lowest BCUT2D eigenvalue weighted by atomic mass is 10.1. The Labute approximate surface area is 128 Å². The zero-order chi connectivity index (χ0) is 15.7. The average Bonchev–Trinajstić information content (AvgIpc) is 2.50. The van der Waals surface area contributed by atoms with E-state index in [-0.39, 0.29) is 5.75 Å². The molecule has 0 heterocycles. The number of carbonyl (C=O) groups excluding carboxylic acids is 1. The van der Waals surface area contributed by atoms with Gasteiger partial charge in [0.15, 0.2) is 6.10 Å². The maximum Gasteiger partial charge on any atom is 0.345 e. The highest BCUT2D eigenvalue weighted by Crippen LogP contribution is 2.16. The summed E-state index contributed by atoms with van der Waals surface area (Å²) in [5, 5.41) is 18.9. The molecular weight excluding hydrogens is 292 g/mol. The number of aliphatic hydroxyl groups excluding tert-OH is 1. The highest BCUT2D eigenvalue weighted by atomic mass is 32.2. The van der Waals surface area contributed by atoms with Crippen LogP contribution in [-0.2, 0) is 14.3 Å². The van der Waals surface area contributed by atoms with Crippen molar-refractivity contribution in [1.82, 2.24) is 0 Å². The molecule has 116 valence electrons. The molecule has 2 atom stereocenters. The molecule has 0 radical (unpaired) electrons. The van der Waals surface area contributed by atoms with Gasteiger partial charge in [0, 0.05) is 5.75 Å². The van der Waals surface area contributed by atoms with Crippen LogP contribution in [0.15, 0.2) is 30.3 Å². The second kappa shape index (κ2) is 9.41. The van der Waals surface area contributed by atoms with E-state index in [4.69, 9.17) is 9.84 Å². The summed E-state index contributed by atoms with van der Waals surface area (Å²) in [4.78, 5) is 22.9. The number of unbranched alkanes of at least 4 members (excludes halogenated alkanes) is 1. The van der Waals surface area contributed by atoms with Crippen LogP contribution in [0.25, 0.3) is 0 Å². The molecule has 6 heteroatoms. The number of esters is 1. The molecule has 0 saturated carbocycles. The quantitative estimate of drug-likeness (QED) is 0.537. The van der Waals surface area contributed by atoms with Crippen LogP contribution in [0.3, 0.4) is 0 Å². The number of hydrogen-bond donors (Lipinski definition) is 2. The van der Waals surface area contributed by atoms with E-state index in [0.29, 0.717) is 5.56 Å². The van der Waals surface area contributed by atoms with E-state index in [1.165, 1.54) is 11.8 Å². The van der Waals surface area contributed by atoms with Gasteiger partial charge in [-0.3, -0.25) is 0 Å². The minimum atomic E-state index is -1.46. The Balaban J connectivity index is 2.54. The highest BCUT2D eigenvalue weighted by molar-refractivity contribution is 7.99. The molecule has 0 aliphatic heterocycles. The van der Waals surface area contributed by atoms with Crippen molar-refractivity contribution in [3.63, 3.8) is 0 Å². The molecule has 21 heavy (non-hydrogen) atoms. The predicted octanol–water partition coefficient (Wildman–Crippen LogP) is 2.25. The van der Waals surface area contributed by atoms with Gasteiger partial charge in [0.1, 0.15) is 0 Å². The van der Waals surface area contributed by atoms with Crippen molar-refractivity contribution in [2.24, 2.45) is 0 Å². The lowest BCUT2D eigenvalue weighted by molar-refractivity contribution is -0.168. The first-order chi connectivity index (χ1) is 10.1. The van der Waals surface area contributed by atoms with Crippen molar-refractivity contribution < 1.29 is 24.5 Å². The van der Waals surface area contributed by atoms with Gasteiger partial charge < -0.3 is 14.9 Å². The number of aliphatic carboxylic acids is 1. The first kappa shape index (κ1) is 17.5. The lowest BCUT2D eigenvalue weighted by Gasteiger charge is -2.16. The molecule has 1 aromatic rings. The molecule has 5 nitrogen and oxygen atoms in total. The summed E-state index contributed by atoms with van der Waals surface area (Å²) in [6, 6.07) is 8.28. The van der Waals surface area contributed by atoms with Crippen molar-refractivity contribution in [1.29, 1.82) is 0 Å². The minimum Gasteiger partial charge on any atom is -0.478 e. The van der Waals surface area contributed by atoms with Crippen LogP contribution in [0.4, 0.5) is 0 Å². The zero-order valence-electron chi connectivity index (χ0n) is 11.9. The molecule has 2 unspecified atom stereocenters. The van der Waals surface area contributed by atoms with E-state index >= 15 is 0 Å². The molecule has 0 aromatic heterocycles. The normalized spacial score (nSPS) is 13.4. The summed E-state index contributed by atoms with van der Waals surface area (Å²) in [6.45, 7) is 2.05. The summed E-state index contributed by atoms with van der Waals surface area (Å²) >= 11 is 1.42. The fraction of sp³-hybridized carbons (Fsp3) is 0.467. The van der Waals surface area contributed by atoms with E-state index in [1.54, 1.807) is 30.3 Å². The Kier molecular flexibility index (Phi) is 7.85. The van der Waals surface area contributed by atoms with Gasteiger partial charge in [-0.15, -0.1) is 0 Å². The molecule has 1 aromatic carbocycles. The molecule has 0 aliphatic carbocycles. The molecule has 0 saturated heterocycles. The first-order valence-electron chi connectivity index (χ1n) is 6.80. The second-order valence-corrected chi connectivity index (χ2v) is 5.66.